The third-order valence-corrected chi connectivity index (χ3v) is 4.48. The Labute approximate surface area is 157 Å². The Morgan fingerprint density at radius 1 is 1.15 bits per heavy atom. The molecule has 1 amide bonds. The lowest BCUT2D eigenvalue weighted by Gasteiger charge is -1.96. The highest BCUT2D eigenvalue weighted by molar-refractivity contribution is 9.10. The van der Waals surface area contributed by atoms with Gasteiger partial charge < -0.3 is 4.98 Å². The largest absolute Gasteiger partial charge is 0.361 e. The topological polar surface area (TPSA) is 85.9 Å². The fraction of sp³-hybridized carbons (Fsp3) is 0. The van der Waals surface area contributed by atoms with E-state index in [1.165, 1.54) is 0 Å². The van der Waals surface area contributed by atoms with Gasteiger partial charge in [0.15, 0.2) is 0 Å². The summed E-state index contributed by atoms with van der Waals surface area (Å²) in [6, 6.07) is 17.3. The molecule has 0 saturated heterocycles. The van der Waals surface area contributed by atoms with Crippen molar-refractivity contribution < 1.29 is 4.79 Å². The highest BCUT2D eigenvalue weighted by Gasteiger charge is 2.10. The van der Waals surface area contributed by atoms with Crippen molar-refractivity contribution in [3.05, 3.63) is 76.5 Å². The molecule has 0 saturated carbocycles. The van der Waals surface area contributed by atoms with Crippen LogP contribution in [0.2, 0.25) is 0 Å². The molecule has 26 heavy (non-hydrogen) atoms. The number of aromatic nitrogens is 3. The summed E-state index contributed by atoms with van der Waals surface area (Å²) in [7, 11) is 0. The van der Waals surface area contributed by atoms with E-state index in [2.05, 4.69) is 41.6 Å². The molecule has 128 valence electrons. The van der Waals surface area contributed by atoms with Crippen LogP contribution >= 0.6 is 15.9 Å². The number of para-hydroxylation sites is 1. The summed E-state index contributed by atoms with van der Waals surface area (Å²) < 4.78 is 0.987. The molecule has 4 rings (SSSR count). The number of carbonyl (C=O) groups is 1. The lowest BCUT2D eigenvalue weighted by atomic mass is 10.1. The van der Waals surface area contributed by atoms with Gasteiger partial charge >= 0.3 is 0 Å². The van der Waals surface area contributed by atoms with Crippen molar-refractivity contribution in [2.24, 2.45) is 5.10 Å². The molecular formula is C19H14BrN5O. The summed E-state index contributed by atoms with van der Waals surface area (Å²) in [6.45, 7) is 0. The van der Waals surface area contributed by atoms with E-state index in [0.29, 0.717) is 11.4 Å². The molecule has 2 aromatic heterocycles. The summed E-state index contributed by atoms with van der Waals surface area (Å²) in [6.07, 6.45) is 3.46. The molecule has 0 aliphatic carbocycles. The number of hydrazone groups is 1. The SMILES string of the molecule is O=C(N/N=C\c1c[nH]c2ccccc12)c1cc(-c2ccc(Br)cc2)n[nH]1. The van der Waals surface area contributed by atoms with Crippen LogP contribution in [0.4, 0.5) is 0 Å². The minimum atomic E-state index is -0.350. The first-order valence-corrected chi connectivity index (χ1v) is 8.71. The smallest absolute Gasteiger partial charge is 0.289 e. The molecule has 0 atom stereocenters. The first kappa shape index (κ1) is 16.3. The van der Waals surface area contributed by atoms with Crippen molar-refractivity contribution in [3.8, 4) is 11.3 Å². The average Bonchev–Trinajstić information content (AvgIpc) is 3.30. The van der Waals surface area contributed by atoms with Crippen molar-refractivity contribution >= 4 is 39.0 Å². The second-order valence-electron chi connectivity index (χ2n) is 5.66. The molecule has 3 N–H and O–H groups in total. The van der Waals surface area contributed by atoms with E-state index in [0.717, 1.165) is 26.5 Å². The molecule has 2 aromatic carbocycles. The van der Waals surface area contributed by atoms with Crippen LogP contribution in [0.3, 0.4) is 0 Å². The standard InChI is InChI=1S/C19H14BrN5O/c20-14-7-5-12(6-8-14)17-9-18(24-23-17)19(26)25-22-11-13-10-21-16-4-2-1-3-15(13)16/h1-11,21H,(H,23,24)(H,25,26)/b22-11-. The van der Waals surface area contributed by atoms with Crippen LogP contribution in [-0.4, -0.2) is 27.3 Å². The minimum Gasteiger partial charge on any atom is -0.361 e. The maximum atomic E-state index is 12.2. The molecule has 0 radical (unpaired) electrons. The van der Waals surface area contributed by atoms with E-state index in [9.17, 15) is 4.79 Å². The molecule has 0 bridgehead atoms. The maximum Gasteiger partial charge on any atom is 0.289 e. The second kappa shape index (κ2) is 6.97. The van der Waals surface area contributed by atoms with Crippen LogP contribution in [0.1, 0.15) is 16.1 Å². The molecule has 0 aliphatic rings. The highest BCUT2D eigenvalue weighted by atomic mass is 79.9. The van der Waals surface area contributed by atoms with Crippen LogP contribution in [0.25, 0.3) is 22.2 Å². The summed E-state index contributed by atoms with van der Waals surface area (Å²) >= 11 is 3.40. The van der Waals surface area contributed by atoms with Gasteiger partial charge in [0.1, 0.15) is 5.69 Å². The van der Waals surface area contributed by atoms with E-state index >= 15 is 0 Å². The van der Waals surface area contributed by atoms with Crippen molar-refractivity contribution in [2.75, 3.05) is 0 Å². The fourth-order valence-electron chi connectivity index (χ4n) is 2.63. The number of amides is 1. The number of benzene rings is 2. The van der Waals surface area contributed by atoms with E-state index in [-0.39, 0.29) is 5.91 Å². The predicted octanol–water partition coefficient (Wildman–Crippen LogP) is 4.08. The van der Waals surface area contributed by atoms with Gasteiger partial charge in [0.05, 0.1) is 11.9 Å². The Hall–Kier alpha value is -3.19. The highest BCUT2D eigenvalue weighted by Crippen LogP contribution is 2.20. The van der Waals surface area contributed by atoms with Gasteiger partial charge in [0, 0.05) is 32.7 Å². The molecule has 0 spiro atoms. The fourth-order valence-corrected chi connectivity index (χ4v) is 2.89. The Balaban J connectivity index is 1.46. The third kappa shape index (κ3) is 3.29. The number of fused-ring (bicyclic) bond motifs is 1. The average molecular weight is 408 g/mol. The Morgan fingerprint density at radius 3 is 2.81 bits per heavy atom. The lowest BCUT2D eigenvalue weighted by Crippen LogP contribution is -2.17. The number of nitrogens with one attached hydrogen (secondary N) is 3. The van der Waals surface area contributed by atoms with Crippen molar-refractivity contribution in [1.29, 1.82) is 0 Å². The lowest BCUT2D eigenvalue weighted by molar-refractivity contribution is 0.0950. The Kier molecular flexibility index (Phi) is 4.37. The van der Waals surface area contributed by atoms with Crippen molar-refractivity contribution in [2.45, 2.75) is 0 Å². The molecule has 0 unspecified atom stereocenters. The molecule has 0 fully saturated rings. The van der Waals surface area contributed by atoms with Gasteiger partial charge in [-0.3, -0.25) is 9.89 Å². The number of nitrogens with zero attached hydrogens (tertiary/aromatic N) is 2. The van der Waals surface area contributed by atoms with Crippen LogP contribution < -0.4 is 5.43 Å². The van der Waals surface area contributed by atoms with Crippen molar-refractivity contribution in [3.63, 3.8) is 0 Å². The number of hydrogen-bond acceptors (Lipinski definition) is 3. The first-order valence-electron chi connectivity index (χ1n) is 7.91. The van der Waals surface area contributed by atoms with Gasteiger partial charge in [0.25, 0.3) is 5.91 Å². The zero-order valence-electron chi connectivity index (χ0n) is 13.5. The quantitative estimate of drug-likeness (QED) is 0.351. The van der Waals surface area contributed by atoms with Crippen molar-refractivity contribution in [1.82, 2.24) is 20.6 Å². The zero-order chi connectivity index (χ0) is 17.9. The van der Waals surface area contributed by atoms with Gasteiger partial charge in [-0.05, 0) is 24.3 Å². The first-order chi connectivity index (χ1) is 12.7. The van der Waals surface area contributed by atoms with Gasteiger partial charge in [0.2, 0.25) is 0 Å². The van der Waals surface area contributed by atoms with E-state index in [4.69, 9.17) is 0 Å². The van der Waals surface area contributed by atoms with Gasteiger partial charge in [-0.25, -0.2) is 5.43 Å². The van der Waals surface area contributed by atoms with E-state index < -0.39 is 0 Å². The number of hydrogen-bond donors (Lipinski definition) is 3. The Bertz CT molecular complexity index is 1090. The molecule has 0 aliphatic heterocycles. The number of H-pyrrole nitrogens is 2. The van der Waals surface area contributed by atoms with Gasteiger partial charge in [-0.2, -0.15) is 10.2 Å². The predicted molar refractivity (Wildman–Crippen MR) is 105 cm³/mol. The molecule has 6 nitrogen and oxygen atoms in total. The third-order valence-electron chi connectivity index (χ3n) is 3.95. The molecule has 2 heterocycles. The van der Waals surface area contributed by atoms with Gasteiger partial charge in [-0.15, -0.1) is 0 Å². The zero-order valence-corrected chi connectivity index (χ0v) is 15.1. The number of halogens is 1. The molecule has 4 aromatic rings. The van der Waals surface area contributed by atoms with Crippen LogP contribution in [-0.2, 0) is 0 Å². The summed E-state index contributed by atoms with van der Waals surface area (Å²) in [5.74, 6) is -0.350. The summed E-state index contributed by atoms with van der Waals surface area (Å²) in [4.78, 5) is 15.4. The normalized spacial score (nSPS) is 11.3. The Morgan fingerprint density at radius 2 is 1.96 bits per heavy atom. The van der Waals surface area contributed by atoms with Crippen LogP contribution in [0, 0.1) is 0 Å². The monoisotopic (exact) mass is 407 g/mol. The van der Waals surface area contributed by atoms with E-state index in [1.807, 2.05) is 54.7 Å². The minimum absolute atomic E-state index is 0.346. The second-order valence-corrected chi connectivity index (χ2v) is 6.58. The van der Waals surface area contributed by atoms with Crippen LogP contribution in [0.5, 0.6) is 0 Å². The molecule has 7 heteroatoms. The summed E-state index contributed by atoms with van der Waals surface area (Å²) in [5.41, 5.74) is 6.40. The molecular weight excluding hydrogens is 394 g/mol. The number of aromatic amines is 2. The van der Waals surface area contributed by atoms with E-state index in [1.54, 1.807) is 12.3 Å². The number of rotatable bonds is 4. The summed E-state index contributed by atoms with van der Waals surface area (Å²) in [5, 5.41) is 12.0. The number of carbonyl (C=O) groups excluding carboxylic acids is 1. The van der Waals surface area contributed by atoms with Crippen LogP contribution in [0.15, 0.2) is 70.4 Å². The maximum absolute atomic E-state index is 12.2. The van der Waals surface area contributed by atoms with Gasteiger partial charge in [-0.1, -0.05) is 46.3 Å².